The number of aliphatic hydroxyl groups excluding tert-OH is 1. The Morgan fingerprint density at radius 2 is 1.18 bits per heavy atom. The number of rotatable bonds is 3. The summed E-state index contributed by atoms with van der Waals surface area (Å²) in [6.45, 7) is 1.68. The Morgan fingerprint density at radius 1 is 0.700 bits per heavy atom. The van der Waals surface area contributed by atoms with E-state index in [1.54, 1.807) is 6.92 Å². The van der Waals surface area contributed by atoms with Gasteiger partial charge in [-0.1, -0.05) is 29.8 Å². The summed E-state index contributed by atoms with van der Waals surface area (Å²) in [5.41, 5.74) is -6.20. The van der Waals surface area contributed by atoms with E-state index in [1.807, 2.05) is 0 Å². The first-order valence-electron chi connectivity index (χ1n) is 11.2. The average Bonchev–Trinajstić information content (AvgIpc) is 3.12. The number of ketones is 1. The predicted molar refractivity (Wildman–Crippen MR) is 124 cm³/mol. The molecule has 40 heavy (non-hydrogen) atoms. The first-order valence-corrected chi connectivity index (χ1v) is 11.2. The number of Topliss-reactive ketones (excluding diaryl/α,β-unsaturated/α-hetero) is 1. The monoisotopic (exact) mass is 573 g/mol. The summed E-state index contributed by atoms with van der Waals surface area (Å²) in [5, 5.41) is 11.0. The van der Waals surface area contributed by atoms with Gasteiger partial charge in [-0.3, -0.25) is 14.5 Å². The summed E-state index contributed by atoms with van der Waals surface area (Å²) >= 11 is 0. The number of anilines is 1. The number of hydrogen-bond acceptors (Lipinski definition) is 3. The molecular weight excluding hydrogens is 557 g/mol. The van der Waals surface area contributed by atoms with Crippen molar-refractivity contribution in [3.63, 3.8) is 0 Å². The van der Waals surface area contributed by atoms with Crippen LogP contribution in [0.15, 0.2) is 72.3 Å². The predicted octanol–water partition coefficient (Wildman–Crippen LogP) is 7.68. The maximum absolute atomic E-state index is 13.6. The molecule has 0 radical (unpaired) electrons. The molecule has 1 atom stereocenters. The van der Waals surface area contributed by atoms with E-state index in [4.69, 9.17) is 0 Å². The van der Waals surface area contributed by atoms with Gasteiger partial charge in [0.2, 0.25) is 0 Å². The van der Waals surface area contributed by atoms with Gasteiger partial charge in [-0.25, -0.2) is 0 Å². The molecule has 1 N–H and O–H groups in total. The van der Waals surface area contributed by atoms with E-state index in [-0.39, 0.29) is 23.8 Å². The Labute approximate surface area is 220 Å². The van der Waals surface area contributed by atoms with E-state index >= 15 is 0 Å². The number of alkyl halides is 9. The average molecular weight is 573 g/mol. The SMILES string of the molecule is Cc1ccc(/C(O)=C2\C(=O)C(=O)N(c3ccc(C(F)(F)F)cc3)C2c2cc(C(F)(F)F)cc(C(F)(F)F)c2)cc1. The molecule has 1 heterocycles. The number of amides is 1. The number of benzene rings is 3. The molecule has 3 aromatic carbocycles. The fourth-order valence-electron chi connectivity index (χ4n) is 4.23. The van der Waals surface area contributed by atoms with Crippen LogP contribution in [0.4, 0.5) is 45.2 Å². The molecule has 1 aliphatic rings. The van der Waals surface area contributed by atoms with Crippen LogP contribution in [0.25, 0.3) is 5.76 Å². The first kappa shape index (κ1) is 28.7. The molecule has 13 heteroatoms. The smallest absolute Gasteiger partial charge is 0.416 e. The molecule has 1 fully saturated rings. The van der Waals surface area contributed by atoms with Crippen molar-refractivity contribution in [1.82, 2.24) is 0 Å². The molecule has 0 saturated carbocycles. The van der Waals surface area contributed by atoms with Crippen molar-refractivity contribution in [2.24, 2.45) is 0 Å². The number of hydrogen-bond donors (Lipinski definition) is 1. The number of nitrogens with zero attached hydrogens (tertiary/aromatic N) is 1. The Balaban J connectivity index is 2.03. The number of aryl methyl sites for hydroxylation is 1. The van der Waals surface area contributed by atoms with Gasteiger partial charge in [-0.05, 0) is 55.0 Å². The van der Waals surface area contributed by atoms with Crippen LogP contribution in [0.5, 0.6) is 0 Å². The van der Waals surface area contributed by atoms with Crippen LogP contribution in [-0.2, 0) is 28.1 Å². The molecule has 1 aliphatic heterocycles. The first-order chi connectivity index (χ1) is 18.4. The molecule has 1 saturated heterocycles. The second-order valence-electron chi connectivity index (χ2n) is 8.92. The van der Waals surface area contributed by atoms with Crippen LogP contribution in [-0.4, -0.2) is 16.8 Å². The van der Waals surface area contributed by atoms with Crippen molar-refractivity contribution in [2.75, 3.05) is 4.90 Å². The molecule has 1 amide bonds. The molecule has 4 nitrogen and oxygen atoms in total. The van der Waals surface area contributed by atoms with E-state index in [0.717, 1.165) is 12.1 Å². The van der Waals surface area contributed by atoms with Crippen LogP contribution < -0.4 is 4.90 Å². The van der Waals surface area contributed by atoms with Crippen LogP contribution >= 0.6 is 0 Å². The maximum Gasteiger partial charge on any atom is 0.416 e. The Bertz CT molecular complexity index is 1470. The zero-order chi connectivity index (χ0) is 29.8. The van der Waals surface area contributed by atoms with Gasteiger partial charge in [0, 0.05) is 11.3 Å². The number of halogens is 9. The van der Waals surface area contributed by atoms with Crippen molar-refractivity contribution >= 4 is 23.1 Å². The summed E-state index contributed by atoms with van der Waals surface area (Å²) in [6, 6.07) is 6.48. The summed E-state index contributed by atoms with van der Waals surface area (Å²) in [5.74, 6) is -3.85. The minimum atomic E-state index is -5.29. The highest BCUT2D eigenvalue weighted by Crippen LogP contribution is 2.46. The Hall–Kier alpha value is -4.29. The Morgan fingerprint density at radius 3 is 1.62 bits per heavy atom. The largest absolute Gasteiger partial charge is 0.507 e. The van der Waals surface area contributed by atoms with Crippen molar-refractivity contribution in [1.29, 1.82) is 0 Å². The van der Waals surface area contributed by atoms with Gasteiger partial charge in [0.15, 0.2) is 0 Å². The minimum absolute atomic E-state index is 0.0796. The van der Waals surface area contributed by atoms with Gasteiger partial charge in [0.25, 0.3) is 11.7 Å². The number of carbonyl (C=O) groups excluding carboxylic acids is 2. The van der Waals surface area contributed by atoms with E-state index in [9.17, 15) is 54.2 Å². The summed E-state index contributed by atoms with van der Waals surface area (Å²) in [4.78, 5) is 26.7. The molecule has 0 aliphatic carbocycles. The standard InChI is InChI=1S/C27H16F9NO3/c1-13-2-4-14(5-3-13)22(38)20-21(15-10-17(26(31,32)33)12-18(11-15)27(34,35)36)37(24(40)23(20)39)19-8-6-16(7-9-19)25(28,29)30/h2-12,21,38H,1H3/b22-20+. The van der Waals surface area contributed by atoms with Crippen LogP contribution in [0.3, 0.4) is 0 Å². The maximum atomic E-state index is 13.6. The van der Waals surface area contributed by atoms with Crippen LogP contribution in [0.2, 0.25) is 0 Å². The van der Waals surface area contributed by atoms with Gasteiger partial charge >= 0.3 is 18.5 Å². The van der Waals surface area contributed by atoms with Crippen molar-refractivity contribution in [3.8, 4) is 0 Å². The van der Waals surface area contributed by atoms with Gasteiger partial charge in [0.1, 0.15) is 5.76 Å². The van der Waals surface area contributed by atoms with Crippen molar-refractivity contribution in [2.45, 2.75) is 31.5 Å². The lowest BCUT2D eigenvalue weighted by Crippen LogP contribution is -2.30. The molecule has 0 spiro atoms. The van der Waals surface area contributed by atoms with Gasteiger partial charge in [0.05, 0.1) is 28.3 Å². The second-order valence-corrected chi connectivity index (χ2v) is 8.92. The van der Waals surface area contributed by atoms with Gasteiger partial charge in [-0.15, -0.1) is 0 Å². The highest BCUT2D eigenvalue weighted by Gasteiger charge is 2.48. The third-order valence-electron chi connectivity index (χ3n) is 6.17. The van der Waals surface area contributed by atoms with Gasteiger partial charge in [-0.2, -0.15) is 39.5 Å². The van der Waals surface area contributed by atoms with Gasteiger partial charge < -0.3 is 5.11 Å². The minimum Gasteiger partial charge on any atom is -0.507 e. The van der Waals surface area contributed by atoms with Crippen molar-refractivity contribution < 1.29 is 54.2 Å². The lowest BCUT2D eigenvalue weighted by molar-refractivity contribution is -0.143. The highest BCUT2D eigenvalue weighted by atomic mass is 19.4. The van der Waals surface area contributed by atoms with Crippen molar-refractivity contribution in [3.05, 3.63) is 106 Å². The number of carbonyl (C=O) groups is 2. The topological polar surface area (TPSA) is 57.6 Å². The normalized spacial score (nSPS) is 17.9. The number of aliphatic hydroxyl groups is 1. The molecule has 1 unspecified atom stereocenters. The fourth-order valence-corrected chi connectivity index (χ4v) is 4.23. The third-order valence-corrected chi connectivity index (χ3v) is 6.17. The molecule has 210 valence electrons. The van der Waals surface area contributed by atoms with E-state index in [0.29, 0.717) is 22.6 Å². The van der Waals surface area contributed by atoms with E-state index < -0.39 is 75.5 Å². The molecule has 4 rings (SSSR count). The Kier molecular flexibility index (Phi) is 6.98. The summed E-state index contributed by atoms with van der Waals surface area (Å²) in [6.07, 6.45) is -15.4. The second kappa shape index (κ2) is 9.72. The lowest BCUT2D eigenvalue weighted by Gasteiger charge is -2.27. The molecular formula is C27H16F9NO3. The summed E-state index contributed by atoms with van der Waals surface area (Å²) < 4.78 is 121. The van der Waals surface area contributed by atoms with E-state index in [2.05, 4.69) is 0 Å². The lowest BCUT2D eigenvalue weighted by atomic mass is 9.92. The zero-order valence-corrected chi connectivity index (χ0v) is 20.0. The zero-order valence-electron chi connectivity index (χ0n) is 20.0. The molecule has 0 bridgehead atoms. The van der Waals surface area contributed by atoms with Crippen LogP contribution in [0.1, 0.15) is 39.4 Å². The van der Waals surface area contributed by atoms with E-state index in [1.165, 1.54) is 24.3 Å². The van der Waals surface area contributed by atoms with Crippen LogP contribution in [0, 0.1) is 6.92 Å². The highest BCUT2D eigenvalue weighted by molar-refractivity contribution is 6.51. The third kappa shape index (κ3) is 5.40. The summed E-state index contributed by atoms with van der Waals surface area (Å²) in [7, 11) is 0. The molecule has 3 aromatic rings. The molecule has 0 aromatic heterocycles. The quantitative estimate of drug-likeness (QED) is 0.151. The fraction of sp³-hybridized carbons (Fsp3) is 0.185.